The number of carbonyl (C=O) groups is 1. The molecular weight excluding hydrogens is 256 g/mol. The molecule has 0 bridgehead atoms. The van der Waals surface area contributed by atoms with Gasteiger partial charge in [0.2, 0.25) is 0 Å². The van der Waals surface area contributed by atoms with Gasteiger partial charge in [-0.15, -0.1) is 0 Å². The fourth-order valence-electron chi connectivity index (χ4n) is 1.75. The molecule has 0 atom stereocenters. The molecule has 7 heteroatoms. The van der Waals surface area contributed by atoms with Crippen LogP contribution in [0, 0.1) is 0 Å². The van der Waals surface area contributed by atoms with Gasteiger partial charge < -0.3 is 14.5 Å². The van der Waals surface area contributed by atoms with Crippen molar-refractivity contribution in [2.45, 2.75) is 25.8 Å². The highest BCUT2D eigenvalue weighted by Crippen LogP contribution is 2.16. The van der Waals surface area contributed by atoms with E-state index in [2.05, 4.69) is 10.3 Å². The summed E-state index contributed by atoms with van der Waals surface area (Å²) < 4.78 is 21.2. The van der Waals surface area contributed by atoms with Crippen molar-refractivity contribution in [1.82, 2.24) is 4.98 Å². The molecule has 0 spiro atoms. The lowest BCUT2D eigenvalue weighted by atomic mass is 10.2. The van der Waals surface area contributed by atoms with Gasteiger partial charge in [-0.25, -0.2) is 4.79 Å². The lowest BCUT2D eigenvalue weighted by molar-refractivity contribution is 0.0519. The van der Waals surface area contributed by atoms with Crippen LogP contribution in [0.1, 0.15) is 30.3 Å². The molecular formula is C11H16N2O4S. The first-order valence-electron chi connectivity index (χ1n) is 5.93. The minimum atomic E-state index is -0.689. The van der Waals surface area contributed by atoms with E-state index in [0.717, 1.165) is 12.8 Å². The molecule has 1 N–H and O–H groups in total. The molecule has 1 saturated heterocycles. The van der Waals surface area contributed by atoms with Crippen LogP contribution >= 0.6 is 0 Å². The summed E-state index contributed by atoms with van der Waals surface area (Å²) in [6.45, 7) is 2.04. The molecule has 0 radical (unpaired) electrons. The van der Waals surface area contributed by atoms with Crippen molar-refractivity contribution in [3.8, 4) is 0 Å². The molecule has 2 heterocycles. The van der Waals surface area contributed by atoms with Crippen molar-refractivity contribution < 1.29 is 18.2 Å². The van der Waals surface area contributed by atoms with Gasteiger partial charge in [-0.1, -0.05) is 0 Å². The number of oxazole rings is 1. The van der Waals surface area contributed by atoms with E-state index in [-0.39, 0.29) is 11.7 Å². The number of nitrogens with zero attached hydrogens (tertiary/aromatic N) is 1. The first kappa shape index (κ1) is 13.1. The Balaban J connectivity index is 1.90. The minimum Gasteiger partial charge on any atom is -0.461 e. The summed E-state index contributed by atoms with van der Waals surface area (Å²) >= 11 is 0. The van der Waals surface area contributed by atoms with Crippen LogP contribution in [0.15, 0.2) is 10.7 Å². The van der Waals surface area contributed by atoms with Crippen molar-refractivity contribution in [1.29, 1.82) is 0 Å². The summed E-state index contributed by atoms with van der Waals surface area (Å²) in [5, 5.41) is 3.10. The van der Waals surface area contributed by atoms with Crippen LogP contribution in [0.25, 0.3) is 0 Å². The van der Waals surface area contributed by atoms with Gasteiger partial charge in [0.15, 0.2) is 5.69 Å². The Kier molecular flexibility index (Phi) is 4.35. The van der Waals surface area contributed by atoms with E-state index in [9.17, 15) is 9.00 Å². The number of rotatable bonds is 4. The maximum Gasteiger partial charge on any atom is 0.360 e. The Morgan fingerprint density at radius 1 is 1.61 bits per heavy atom. The molecule has 1 aliphatic heterocycles. The minimum absolute atomic E-state index is 0.165. The first-order valence-corrected chi connectivity index (χ1v) is 7.42. The highest BCUT2D eigenvalue weighted by Gasteiger charge is 2.20. The van der Waals surface area contributed by atoms with E-state index in [4.69, 9.17) is 9.15 Å². The molecule has 1 aliphatic rings. The van der Waals surface area contributed by atoms with Crippen molar-refractivity contribution in [3.63, 3.8) is 0 Å². The molecule has 0 amide bonds. The molecule has 0 saturated carbocycles. The second-order valence-electron chi connectivity index (χ2n) is 4.03. The van der Waals surface area contributed by atoms with Crippen molar-refractivity contribution in [2.75, 3.05) is 23.4 Å². The van der Waals surface area contributed by atoms with Gasteiger partial charge in [0.1, 0.15) is 6.26 Å². The third-order valence-electron chi connectivity index (χ3n) is 2.70. The Morgan fingerprint density at radius 2 is 2.33 bits per heavy atom. The zero-order valence-electron chi connectivity index (χ0n) is 10.2. The molecule has 100 valence electrons. The predicted molar refractivity (Wildman–Crippen MR) is 67.0 cm³/mol. The maximum absolute atomic E-state index is 11.4. The summed E-state index contributed by atoms with van der Waals surface area (Å²) in [6, 6.07) is 0.520. The monoisotopic (exact) mass is 272 g/mol. The predicted octanol–water partition coefficient (Wildman–Crippen LogP) is 1.17. The number of ether oxygens (including phenoxy) is 1. The second kappa shape index (κ2) is 5.99. The number of hydrogen-bond donors (Lipinski definition) is 1. The van der Waals surface area contributed by atoms with E-state index in [1.54, 1.807) is 6.92 Å². The Hall–Kier alpha value is -1.37. The number of aromatic nitrogens is 1. The Bertz CT molecular complexity index is 436. The van der Waals surface area contributed by atoms with Crippen LogP contribution in [0.3, 0.4) is 0 Å². The molecule has 6 nitrogen and oxygen atoms in total. The SMILES string of the molecule is CCOC(=O)c1coc(NC2CCS(=O)CC2)n1. The third-order valence-corrected chi connectivity index (χ3v) is 4.09. The van der Waals surface area contributed by atoms with E-state index in [1.807, 2.05) is 0 Å². The van der Waals surface area contributed by atoms with Crippen LogP contribution in [0.5, 0.6) is 0 Å². The number of carbonyl (C=O) groups excluding carboxylic acids is 1. The highest BCUT2D eigenvalue weighted by atomic mass is 32.2. The smallest absolute Gasteiger partial charge is 0.360 e. The van der Waals surface area contributed by atoms with Gasteiger partial charge >= 0.3 is 5.97 Å². The second-order valence-corrected chi connectivity index (χ2v) is 5.72. The summed E-state index contributed by atoms with van der Waals surface area (Å²) in [7, 11) is -0.689. The van der Waals surface area contributed by atoms with Gasteiger partial charge in [0.05, 0.1) is 6.61 Å². The van der Waals surface area contributed by atoms with Crippen LogP contribution in [0.4, 0.5) is 6.01 Å². The normalized spacial score (nSPS) is 23.6. The standard InChI is InChI=1S/C11H16N2O4S/c1-2-16-10(14)9-7-17-11(13-9)12-8-3-5-18(15)6-4-8/h7-8H,2-6H2,1H3,(H,12,13). The lowest BCUT2D eigenvalue weighted by Crippen LogP contribution is -2.29. The summed E-state index contributed by atoms with van der Waals surface area (Å²) in [4.78, 5) is 15.4. The van der Waals surface area contributed by atoms with Gasteiger partial charge in [-0.3, -0.25) is 4.21 Å². The van der Waals surface area contributed by atoms with Crippen LogP contribution in [-0.4, -0.2) is 39.3 Å². The largest absolute Gasteiger partial charge is 0.461 e. The summed E-state index contributed by atoms with van der Waals surface area (Å²) in [5.41, 5.74) is 0.165. The van der Waals surface area contributed by atoms with Crippen molar-refractivity contribution in [3.05, 3.63) is 12.0 Å². The number of esters is 1. The fraction of sp³-hybridized carbons (Fsp3) is 0.636. The molecule has 2 rings (SSSR count). The lowest BCUT2D eigenvalue weighted by Gasteiger charge is -2.21. The summed E-state index contributed by atoms with van der Waals surface area (Å²) in [6.07, 6.45) is 2.93. The highest BCUT2D eigenvalue weighted by molar-refractivity contribution is 7.85. The zero-order valence-corrected chi connectivity index (χ0v) is 11.0. The quantitative estimate of drug-likeness (QED) is 0.829. The van der Waals surface area contributed by atoms with Crippen LogP contribution in [-0.2, 0) is 15.5 Å². The van der Waals surface area contributed by atoms with Gasteiger partial charge in [0, 0.05) is 28.3 Å². The van der Waals surface area contributed by atoms with E-state index in [0.29, 0.717) is 24.1 Å². The maximum atomic E-state index is 11.4. The van der Waals surface area contributed by atoms with Gasteiger partial charge in [0.25, 0.3) is 6.01 Å². The molecule has 0 aliphatic carbocycles. The molecule has 1 fully saturated rings. The Labute approximate surface area is 108 Å². The van der Waals surface area contributed by atoms with Crippen molar-refractivity contribution in [2.24, 2.45) is 0 Å². The topological polar surface area (TPSA) is 81.4 Å². The fourth-order valence-corrected chi connectivity index (χ4v) is 3.05. The van der Waals surface area contributed by atoms with E-state index < -0.39 is 16.8 Å². The molecule has 0 unspecified atom stereocenters. The average molecular weight is 272 g/mol. The average Bonchev–Trinajstić information content (AvgIpc) is 2.81. The van der Waals surface area contributed by atoms with Crippen molar-refractivity contribution >= 4 is 22.8 Å². The van der Waals surface area contributed by atoms with Crippen LogP contribution in [0.2, 0.25) is 0 Å². The van der Waals surface area contributed by atoms with E-state index >= 15 is 0 Å². The Morgan fingerprint density at radius 3 is 3.00 bits per heavy atom. The number of anilines is 1. The molecule has 18 heavy (non-hydrogen) atoms. The molecule has 1 aromatic heterocycles. The molecule has 0 aromatic carbocycles. The third kappa shape index (κ3) is 3.32. The van der Waals surface area contributed by atoms with E-state index in [1.165, 1.54) is 6.26 Å². The zero-order chi connectivity index (χ0) is 13.0. The first-order chi connectivity index (χ1) is 8.69. The number of nitrogens with one attached hydrogen (secondary N) is 1. The van der Waals surface area contributed by atoms with Gasteiger partial charge in [-0.2, -0.15) is 4.98 Å². The summed E-state index contributed by atoms with van der Waals surface area (Å²) in [5.74, 6) is 0.908. The number of hydrogen-bond acceptors (Lipinski definition) is 6. The van der Waals surface area contributed by atoms with Gasteiger partial charge in [-0.05, 0) is 19.8 Å². The molecule has 1 aromatic rings. The van der Waals surface area contributed by atoms with Crippen LogP contribution < -0.4 is 5.32 Å².